The minimum absolute atomic E-state index is 0.683. The summed E-state index contributed by atoms with van der Waals surface area (Å²) in [5.41, 5.74) is 15.0. The molecule has 5 heteroatoms. The van der Waals surface area contributed by atoms with Gasteiger partial charge in [0.1, 0.15) is 5.65 Å². The fourth-order valence-corrected chi connectivity index (χ4v) is 8.17. The molecule has 0 aliphatic carbocycles. The van der Waals surface area contributed by atoms with E-state index in [4.69, 9.17) is 19.9 Å². The Kier molecular flexibility index (Phi) is 8.41. The largest absolute Gasteiger partial charge is 0.298 e. The van der Waals surface area contributed by atoms with E-state index in [1.807, 2.05) is 30.3 Å². The maximum atomic E-state index is 5.44. The number of rotatable bonds is 7. The summed E-state index contributed by atoms with van der Waals surface area (Å²) in [5.74, 6) is 0.683. The Labute approximate surface area is 341 Å². The Hall–Kier alpha value is -8.02. The molecule has 0 saturated heterocycles. The molecule has 276 valence electrons. The standard InChI is InChI=1S/C54H35N5/c1-5-16-36(17-6-1)42-24-15-25-43(34-42)48-35-47(56-53(57-48)41-22-11-4-12-23-41)37-28-30-39(31-29-37)50-45-32-33-59-52(40-20-9-3-10-21-40)51(38-18-7-2-8-19-38)58-54(59)49(45)44-26-13-14-27-46(44)55-50/h1-35H. The van der Waals surface area contributed by atoms with Crippen molar-refractivity contribution in [2.75, 3.05) is 0 Å². The highest BCUT2D eigenvalue weighted by Crippen LogP contribution is 2.40. The first-order valence-electron chi connectivity index (χ1n) is 19.8. The van der Waals surface area contributed by atoms with Gasteiger partial charge in [-0.2, -0.15) is 0 Å². The molecule has 5 nitrogen and oxygen atoms in total. The second kappa shape index (κ2) is 14.5. The molecule has 0 amide bonds. The Morgan fingerprint density at radius 2 is 0.864 bits per heavy atom. The molecule has 0 saturated carbocycles. The smallest absolute Gasteiger partial charge is 0.160 e. The van der Waals surface area contributed by atoms with Gasteiger partial charge >= 0.3 is 0 Å². The van der Waals surface area contributed by atoms with E-state index >= 15 is 0 Å². The Balaban J connectivity index is 1.06. The zero-order chi connectivity index (χ0) is 39.1. The van der Waals surface area contributed by atoms with Crippen LogP contribution in [0.1, 0.15) is 0 Å². The van der Waals surface area contributed by atoms with E-state index in [2.05, 4.69) is 187 Å². The molecule has 0 spiro atoms. The van der Waals surface area contributed by atoms with Gasteiger partial charge in [0.05, 0.1) is 34.0 Å². The van der Waals surface area contributed by atoms with Gasteiger partial charge in [0, 0.05) is 55.7 Å². The van der Waals surface area contributed by atoms with Gasteiger partial charge < -0.3 is 0 Å². The summed E-state index contributed by atoms with van der Waals surface area (Å²) in [7, 11) is 0. The van der Waals surface area contributed by atoms with Crippen molar-refractivity contribution < 1.29 is 0 Å². The summed E-state index contributed by atoms with van der Waals surface area (Å²) in [4.78, 5) is 21.0. The molecule has 59 heavy (non-hydrogen) atoms. The van der Waals surface area contributed by atoms with Gasteiger partial charge in [-0.25, -0.2) is 19.9 Å². The van der Waals surface area contributed by atoms with Gasteiger partial charge in [-0.1, -0.05) is 182 Å². The first-order chi connectivity index (χ1) is 29.2. The van der Waals surface area contributed by atoms with Gasteiger partial charge in [-0.3, -0.25) is 4.40 Å². The van der Waals surface area contributed by atoms with E-state index in [0.29, 0.717) is 5.82 Å². The van der Waals surface area contributed by atoms with Crippen LogP contribution in [-0.4, -0.2) is 24.3 Å². The van der Waals surface area contributed by atoms with Crippen molar-refractivity contribution >= 4 is 27.3 Å². The first kappa shape index (κ1) is 34.2. The SMILES string of the molecule is c1ccc(-c2cccc(-c3cc(-c4ccc(-c5nc6ccccc6c6c5ccn5c(-c7ccccc7)c(-c7ccccc7)nc65)cc4)nc(-c4ccccc4)n3)c2)cc1. The van der Waals surface area contributed by atoms with Crippen LogP contribution in [0.5, 0.6) is 0 Å². The second-order valence-corrected chi connectivity index (χ2v) is 14.7. The van der Waals surface area contributed by atoms with Gasteiger partial charge in [-0.05, 0) is 35.4 Å². The molecule has 4 heterocycles. The molecule has 0 radical (unpaired) electrons. The number of nitrogens with zero attached hydrogens (tertiary/aromatic N) is 5. The van der Waals surface area contributed by atoms with Crippen LogP contribution in [0.4, 0.5) is 0 Å². The molecule has 7 aromatic carbocycles. The van der Waals surface area contributed by atoms with Crippen molar-refractivity contribution in [3.05, 3.63) is 212 Å². The zero-order valence-electron chi connectivity index (χ0n) is 31.9. The molecule has 0 atom stereocenters. The van der Waals surface area contributed by atoms with Crippen molar-refractivity contribution in [1.82, 2.24) is 24.3 Å². The molecular formula is C54H35N5. The van der Waals surface area contributed by atoms with Gasteiger partial charge in [0.2, 0.25) is 0 Å². The van der Waals surface area contributed by atoms with Gasteiger partial charge in [-0.15, -0.1) is 0 Å². The van der Waals surface area contributed by atoms with E-state index in [9.17, 15) is 0 Å². The van der Waals surface area contributed by atoms with Crippen LogP contribution in [0, 0.1) is 0 Å². The lowest BCUT2D eigenvalue weighted by atomic mass is 9.98. The molecule has 11 aromatic rings. The van der Waals surface area contributed by atoms with Crippen molar-refractivity contribution in [2.45, 2.75) is 0 Å². The van der Waals surface area contributed by atoms with Crippen LogP contribution in [0.2, 0.25) is 0 Å². The lowest BCUT2D eigenvalue weighted by Gasteiger charge is -2.13. The number of fused-ring (bicyclic) bond motifs is 5. The number of benzene rings is 7. The highest BCUT2D eigenvalue weighted by atomic mass is 15.0. The van der Waals surface area contributed by atoms with E-state index in [-0.39, 0.29) is 0 Å². The maximum absolute atomic E-state index is 5.44. The molecule has 11 rings (SSSR count). The number of hydrogen-bond donors (Lipinski definition) is 0. The fourth-order valence-electron chi connectivity index (χ4n) is 8.17. The lowest BCUT2D eigenvalue weighted by Crippen LogP contribution is -1.96. The summed E-state index contributed by atoms with van der Waals surface area (Å²) < 4.78 is 2.24. The monoisotopic (exact) mass is 753 g/mol. The third kappa shape index (κ3) is 6.22. The first-order valence-corrected chi connectivity index (χ1v) is 19.8. The summed E-state index contributed by atoms with van der Waals surface area (Å²) in [6, 6.07) is 71.5. The van der Waals surface area contributed by atoms with E-state index in [1.54, 1.807) is 0 Å². The fraction of sp³-hybridized carbons (Fsp3) is 0. The van der Waals surface area contributed by atoms with Crippen LogP contribution in [0.15, 0.2) is 212 Å². The number of aromatic nitrogens is 5. The molecule has 0 aliphatic rings. The normalized spacial score (nSPS) is 11.4. The summed E-state index contributed by atoms with van der Waals surface area (Å²) in [5, 5.41) is 3.18. The van der Waals surface area contributed by atoms with Crippen molar-refractivity contribution in [2.24, 2.45) is 0 Å². The lowest BCUT2D eigenvalue weighted by molar-refractivity contribution is 1.18. The zero-order valence-corrected chi connectivity index (χ0v) is 31.9. The van der Waals surface area contributed by atoms with Crippen molar-refractivity contribution in [3.63, 3.8) is 0 Å². The van der Waals surface area contributed by atoms with Crippen LogP contribution in [0.3, 0.4) is 0 Å². The van der Waals surface area contributed by atoms with Crippen LogP contribution in [-0.2, 0) is 0 Å². The highest BCUT2D eigenvalue weighted by molar-refractivity contribution is 6.17. The highest BCUT2D eigenvalue weighted by Gasteiger charge is 2.21. The second-order valence-electron chi connectivity index (χ2n) is 14.7. The van der Waals surface area contributed by atoms with Crippen LogP contribution >= 0.6 is 0 Å². The quantitative estimate of drug-likeness (QED) is 0.152. The van der Waals surface area contributed by atoms with Crippen LogP contribution < -0.4 is 0 Å². The summed E-state index contributed by atoms with van der Waals surface area (Å²) in [6.07, 6.45) is 2.15. The molecule has 0 unspecified atom stereocenters. The average molecular weight is 754 g/mol. The van der Waals surface area contributed by atoms with Crippen LogP contribution in [0.25, 0.3) is 106 Å². The summed E-state index contributed by atoms with van der Waals surface area (Å²) >= 11 is 0. The van der Waals surface area contributed by atoms with Gasteiger partial charge in [0.15, 0.2) is 5.82 Å². The average Bonchev–Trinajstić information content (AvgIpc) is 3.72. The molecule has 0 bridgehead atoms. The van der Waals surface area contributed by atoms with E-state index in [1.165, 1.54) is 5.56 Å². The summed E-state index contributed by atoms with van der Waals surface area (Å²) in [6.45, 7) is 0. The molecular weight excluding hydrogens is 719 g/mol. The predicted octanol–water partition coefficient (Wildman–Crippen LogP) is 13.5. The minimum Gasteiger partial charge on any atom is -0.298 e. The van der Waals surface area contributed by atoms with Crippen molar-refractivity contribution in [3.8, 4) is 78.8 Å². The molecule has 0 fully saturated rings. The third-order valence-electron chi connectivity index (χ3n) is 11.0. The van der Waals surface area contributed by atoms with E-state index < -0.39 is 0 Å². The predicted molar refractivity (Wildman–Crippen MR) is 242 cm³/mol. The Bertz CT molecular complexity index is 3290. The number of hydrogen-bond acceptors (Lipinski definition) is 4. The van der Waals surface area contributed by atoms with Crippen molar-refractivity contribution in [1.29, 1.82) is 0 Å². The third-order valence-corrected chi connectivity index (χ3v) is 11.0. The maximum Gasteiger partial charge on any atom is 0.160 e. The Morgan fingerprint density at radius 1 is 0.322 bits per heavy atom. The Morgan fingerprint density at radius 3 is 1.58 bits per heavy atom. The number of pyridine rings is 2. The van der Waals surface area contributed by atoms with E-state index in [0.717, 1.165) is 94.7 Å². The molecule has 0 N–H and O–H groups in total. The molecule has 4 aromatic heterocycles. The number of imidazole rings is 1. The minimum atomic E-state index is 0.683. The number of para-hydroxylation sites is 1. The molecule has 0 aliphatic heterocycles. The topological polar surface area (TPSA) is 56.0 Å². The van der Waals surface area contributed by atoms with Gasteiger partial charge in [0.25, 0.3) is 0 Å².